The average Bonchev–Trinajstić information content (AvgIpc) is 3.60. The van der Waals surface area contributed by atoms with Crippen LogP contribution in [0.4, 0.5) is 14.5 Å². The predicted molar refractivity (Wildman–Crippen MR) is 105 cm³/mol. The lowest BCUT2D eigenvalue weighted by Gasteiger charge is -2.40. The van der Waals surface area contributed by atoms with Crippen LogP contribution in [0.3, 0.4) is 0 Å². The number of halogens is 2. The van der Waals surface area contributed by atoms with Gasteiger partial charge in [0.1, 0.15) is 11.4 Å². The maximum absolute atomic E-state index is 13.3. The number of hydrogen-bond acceptors (Lipinski definition) is 5. The first kappa shape index (κ1) is 19.0. The van der Waals surface area contributed by atoms with E-state index in [1.165, 1.54) is 12.8 Å². The second-order valence-electron chi connectivity index (χ2n) is 9.02. The lowest BCUT2D eigenvalue weighted by atomic mass is 10.1. The van der Waals surface area contributed by atoms with E-state index in [9.17, 15) is 13.6 Å². The summed E-state index contributed by atoms with van der Waals surface area (Å²) in [7, 11) is 0. The maximum Gasteiger partial charge on any atom is 0.282 e. The monoisotopic (exact) mass is 406 g/mol. The SMILES string of the molecule is O=C(c1ccc(N2CC(F)(F)C2)c(OCC2CC2)n1)N1CCN(CC2CC2)CC1. The van der Waals surface area contributed by atoms with Gasteiger partial charge >= 0.3 is 0 Å². The normalized spacial score (nSPS) is 24.3. The molecule has 2 aliphatic heterocycles. The molecular weight excluding hydrogens is 378 g/mol. The van der Waals surface area contributed by atoms with Gasteiger partial charge in [0.25, 0.3) is 11.8 Å². The highest BCUT2D eigenvalue weighted by atomic mass is 19.3. The topological polar surface area (TPSA) is 48.9 Å². The summed E-state index contributed by atoms with van der Waals surface area (Å²) in [4.78, 5) is 23.3. The fourth-order valence-corrected chi connectivity index (χ4v) is 4.02. The molecule has 158 valence electrons. The Labute approximate surface area is 169 Å². The van der Waals surface area contributed by atoms with Gasteiger partial charge < -0.3 is 14.5 Å². The molecule has 1 aromatic rings. The molecule has 1 aromatic heterocycles. The molecule has 3 heterocycles. The van der Waals surface area contributed by atoms with Crippen molar-refractivity contribution in [1.82, 2.24) is 14.8 Å². The smallest absolute Gasteiger partial charge is 0.282 e. The summed E-state index contributed by atoms with van der Waals surface area (Å²) >= 11 is 0. The molecule has 1 amide bonds. The number of pyridine rings is 1. The molecule has 0 N–H and O–H groups in total. The van der Waals surface area contributed by atoms with Crippen LogP contribution >= 0.6 is 0 Å². The number of ether oxygens (including phenoxy) is 1. The van der Waals surface area contributed by atoms with Crippen LogP contribution in [-0.4, -0.2) is 79.0 Å². The van der Waals surface area contributed by atoms with Crippen molar-refractivity contribution in [3.63, 3.8) is 0 Å². The number of nitrogens with zero attached hydrogens (tertiary/aromatic N) is 4. The zero-order valence-corrected chi connectivity index (χ0v) is 16.7. The van der Waals surface area contributed by atoms with Gasteiger partial charge in [0.05, 0.1) is 19.7 Å². The number of anilines is 1. The van der Waals surface area contributed by atoms with E-state index in [-0.39, 0.29) is 19.0 Å². The number of carbonyl (C=O) groups excluding carboxylic acids is 1. The fraction of sp³-hybridized carbons (Fsp3) is 0.714. The molecule has 5 rings (SSSR count). The van der Waals surface area contributed by atoms with Crippen molar-refractivity contribution in [3.8, 4) is 5.88 Å². The van der Waals surface area contributed by atoms with Crippen LogP contribution in [0.5, 0.6) is 5.88 Å². The number of alkyl halides is 2. The van der Waals surface area contributed by atoms with Gasteiger partial charge in [-0.3, -0.25) is 9.69 Å². The second-order valence-corrected chi connectivity index (χ2v) is 9.02. The number of amides is 1. The lowest BCUT2D eigenvalue weighted by Crippen LogP contribution is -2.56. The highest BCUT2D eigenvalue weighted by molar-refractivity contribution is 5.93. The van der Waals surface area contributed by atoms with E-state index in [0.29, 0.717) is 42.9 Å². The van der Waals surface area contributed by atoms with Gasteiger partial charge in [-0.05, 0) is 49.7 Å². The molecular formula is C21H28F2N4O2. The van der Waals surface area contributed by atoms with E-state index in [0.717, 1.165) is 38.4 Å². The van der Waals surface area contributed by atoms with E-state index >= 15 is 0 Å². The van der Waals surface area contributed by atoms with Crippen molar-refractivity contribution >= 4 is 11.6 Å². The van der Waals surface area contributed by atoms with E-state index in [2.05, 4.69) is 9.88 Å². The van der Waals surface area contributed by atoms with Crippen LogP contribution in [0, 0.1) is 11.8 Å². The zero-order valence-electron chi connectivity index (χ0n) is 16.7. The second kappa shape index (κ2) is 7.38. The van der Waals surface area contributed by atoms with Crippen LogP contribution in [0.15, 0.2) is 12.1 Å². The van der Waals surface area contributed by atoms with E-state index in [4.69, 9.17) is 4.74 Å². The molecule has 0 unspecified atom stereocenters. The standard InChI is InChI=1S/C21H28F2N4O2/c22-21(23)13-27(14-21)18-6-5-17(24-19(18)29-12-16-3-4-16)20(28)26-9-7-25(8-10-26)11-15-1-2-15/h5-6,15-16H,1-4,7-14H2. The fourth-order valence-electron chi connectivity index (χ4n) is 4.02. The molecule has 0 atom stereocenters. The third kappa shape index (κ3) is 4.47. The van der Waals surface area contributed by atoms with Crippen molar-refractivity contribution in [2.75, 3.05) is 57.3 Å². The average molecular weight is 406 g/mol. The minimum atomic E-state index is -2.66. The zero-order chi connectivity index (χ0) is 20.0. The van der Waals surface area contributed by atoms with Crippen molar-refractivity contribution in [1.29, 1.82) is 0 Å². The highest BCUT2D eigenvalue weighted by Crippen LogP contribution is 2.38. The Morgan fingerprint density at radius 1 is 1.07 bits per heavy atom. The predicted octanol–water partition coefficient (Wildman–Crippen LogP) is 2.49. The molecule has 8 heteroatoms. The van der Waals surface area contributed by atoms with Gasteiger partial charge in [0, 0.05) is 32.7 Å². The molecule has 2 aliphatic carbocycles. The van der Waals surface area contributed by atoms with Crippen LogP contribution < -0.4 is 9.64 Å². The van der Waals surface area contributed by atoms with Crippen LogP contribution in [0.25, 0.3) is 0 Å². The molecule has 2 saturated heterocycles. The van der Waals surface area contributed by atoms with Gasteiger partial charge in [-0.1, -0.05) is 0 Å². The molecule has 0 bridgehead atoms. The number of piperazine rings is 1. The third-order valence-corrected chi connectivity index (χ3v) is 6.27. The number of rotatable bonds is 7. The summed E-state index contributed by atoms with van der Waals surface area (Å²) in [6.07, 6.45) is 4.92. The lowest BCUT2D eigenvalue weighted by molar-refractivity contribution is -0.0265. The van der Waals surface area contributed by atoms with Gasteiger partial charge in [-0.25, -0.2) is 13.8 Å². The Morgan fingerprint density at radius 3 is 2.38 bits per heavy atom. The summed E-state index contributed by atoms with van der Waals surface area (Å²) < 4.78 is 32.5. The highest BCUT2D eigenvalue weighted by Gasteiger charge is 2.45. The van der Waals surface area contributed by atoms with E-state index in [1.54, 1.807) is 17.0 Å². The molecule has 4 aliphatic rings. The molecule has 29 heavy (non-hydrogen) atoms. The summed E-state index contributed by atoms with van der Waals surface area (Å²) in [5.41, 5.74) is 0.893. The minimum absolute atomic E-state index is 0.104. The van der Waals surface area contributed by atoms with Crippen LogP contribution in [0.2, 0.25) is 0 Å². The quantitative estimate of drug-likeness (QED) is 0.696. The Bertz CT molecular complexity index is 766. The minimum Gasteiger partial charge on any atom is -0.476 e. The molecule has 4 fully saturated rings. The van der Waals surface area contributed by atoms with E-state index < -0.39 is 5.92 Å². The Balaban J connectivity index is 1.26. The van der Waals surface area contributed by atoms with Crippen molar-refractivity contribution in [2.24, 2.45) is 11.8 Å². The first-order valence-electron chi connectivity index (χ1n) is 10.8. The maximum atomic E-state index is 13.3. The van der Waals surface area contributed by atoms with Gasteiger partial charge in [-0.15, -0.1) is 0 Å². The Kier molecular flexibility index (Phi) is 4.84. The first-order chi connectivity index (χ1) is 14.0. The summed E-state index contributed by atoms with van der Waals surface area (Å²) in [6, 6.07) is 3.36. The van der Waals surface area contributed by atoms with Crippen LogP contribution in [-0.2, 0) is 0 Å². The summed E-state index contributed by atoms with van der Waals surface area (Å²) in [5.74, 6) is -1.09. The number of hydrogen-bond donors (Lipinski definition) is 0. The van der Waals surface area contributed by atoms with Crippen molar-refractivity contribution < 1.29 is 18.3 Å². The largest absolute Gasteiger partial charge is 0.476 e. The molecule has 0 aromatic carbocycles. The molecule has 0 radical (unpaired) electrons. The summed E-state index contributed by atoms with van der Waals surface area (Å²) in [6.45, 7) is 4.21. The first-order valence-corrected chi connectivity index (χ1v) is 10.8. The number of aromatic nitrogens is 1. The Hall–Kier alpha value is -1.96. The summed E-state index contributed by atoms with van der Waals surface area (Å²) in [5, 5.41) is 0. The van der Waals surface area contributed by atoms with Crippen molar-refractivity contribution in [3.05, 3.63) is 17.8 Å². The Morgan fingerprint density at radius 2 is 1.76 bits per heavy atom. The molecule has 6 nitrogen and oxygen atoms in total. The van der Waals surface area contributed by atoms with E-state index in [1.807, 2.05) is 4.90 Å². The van der Waals surface area contributed by atoms with Crippen molar-refractivity contribution in [2.45, 2.75) is 31.6 Å². The molecule has 0 spiro atoms. The number of carbonyl (C=O) groups is 1. The van der Waals surface area contributed by atoms with Gasteiger partial charge in [0.2, 0.25) is 5.88 Å². The van der Waals surface area contributed by atoms with Gasteiger partial charge in [-0.2, -0.15) is 0 Å². The van der Waals surface area contributed by atoms with Gasteiger partial charge in [0.15, 0.2) is 0 Å². The van der Waals surface area contributed by atoms with Crippen LogP contribution in [0.1, 0.15) is 36.2 Å². The third-order valence-electron chi connectivity index (χ3n) is 6.27. The molecule has 2 saturated carbocycles.